The van der Waals surface area contributed by atoms with Crippen LogP contribution in [-0.2, 0) is 14.8 Å². The molecule has 1 saturated heterocycles. The lowest BCUT2D eigenvalue weighted by Gasteiger charge is -2.32. The van der Waals surface area contributed by atoms with Gasteiger partial charge in [0.05, 0.1) is 11.0 Å². The zero-order valence-electron chi connectivity index (χ0n) is 13.4. The largest absolute Gasteiger partial charge is 0.486 e. The zero-order chi connectivity index (χ0) is 16.4. The van der Waals surface area contributed by atoms with E-state index in [-0.39, 0.29) is 17.0 Å². The molecular formula is C16H23NO5S. The average molecular weight is 341 g/mol. The summed E-state index contributed by atoms with van der Waals surface area (Å²) in [4.78, 5) is 0.203. The van der Waals surface area contributed by atoms with Crippen LogP contribution in [0, 0.1) is 5.92 Å². The van der Waals surface area contributed by atoms with Crippen molar-refractivity contribution in [2.45, 2.75) is 43.7 Å². The first-order valence-electron chi connectivity index (χ1n) is 7.99. The minimum absolute atomic E-state index is 0.0942. The van der Waals surface area contributed by atoms with Crippen molar-refractivity contribution in [3.8, 4) is 11.5 Å². The first kappa shape index (κ1) is 16.5. The van der Waals surface area contributed by atoms with Gasteiger partial charge in [-0.05, 0) is 30.9 Å². The molecule has 3 rings (SSSR count). The van der Waals surface area contributed by atoms with Crippen LogP contribution >= 0.6 is 0 Å². The van der Waals surface area contributed by atoms with Gasteiger partial charge in [-0.3, -0.25) is 0 Å². The van der Waals surface area contributed by atoms with E-state index in [0.29, 0.717) is 50.1 Å². The number of benzene rings is 1. The Morgan fingerprint density at radius 1 is 1.13 bits per heavy atom. The smallest absolute Gasteiger partial charge is 0.240 e. The van der Waals surface area contributed by atoms with Crippen LogP contribution in [0.2, 0.25) is 0 Å². The van der Waals surface area contributed by atoms with E-state index in [1.165, 1.54) is 6.07 Å². The molecule has 2 heterocycles. The Balaban J connectivity index is 1.74. The number of hydrogen-bond donors (Lipinski definition) is 1. The molecule has 0 aliphatic carbocycles. The molecular weight excluding hydrogens is 318 g/mol. The fourth-order valence-corrected chi connectivity index (χ4v) is 4.18. The summed E-state index contributed by atoms with van der Waals surface area (Å²) < 4.78 is 44.6. The fourth-order valence-electron chi connectivity index (χ4n) is 2.88. The lowest BCUT2D eigenvalue weighted by molar-refractivity contribution is -0.0211. The molecule has 1 aromatic rings. The Kier molecular flexibility index (Phi) is 4.79. The maximum absolute atomic E-state index is 12.6. The minimum Gasteiger partial charge on any atom is -0.486 e. The van der Waals surface area contributed by atoms with E-state index in [4.69, 9.17) is 14.2 Å². The molecule has 0 saturated carbocycles. The van der Waals surface area contributed by atoms with Gasteiger partial charge in [0.25, 0.3) is 0 Å². The molecule has 23 heavy (non-hydrogen) atoms. The standard InChI is InChI=1S/C16H23NO5S/c1-11(2)15-9-12(5-6-20-15)17-23(18,19)13-3-4-14-16(10-13)22-8-7-21-14/h3-4,10-12,15,17H,5-9H2,1-2H3. The van der Waals surface area contributed by atoms with E-state index in [9.17, 15) is 8.42 Å². The Morgan fingerprint density at radius 2 is 1.87 bits per heavy atom. The Hall–Kier alpha value is -1.31. The molecule has 128 valence electrons. The van der Waals surface area contributed by atoms with Gasteiger partial charge in [0.15, 0.2) is 11.5 Å². The number of nitrogens with one attached hydrogen (secondary N) is 1. The van der Waals surface area contributed by atoms with E-state index in [0.717, 1.165) is 0 Å². The van der Waals surface area contributed by atoms with Crippen LogP contribution < -0.4 is 14.2 Å². The molecule has 1 aromatic carbocycles. The Morgan fingerprint density at radius 3 is 2.61 bits per heavy atom. The molecule has 2 unspecified atom stereocenters. The summed E-state index contributed by atoms with van der Waals surface area (Å²) in [6.07, 6.45) is 1.48. The normalized spacial score (nSPS) is 24.7. The van der Waals surface area contributed by atoms with Crippen LogP contribution in [0.4, 0.5) is 0 Å². The molecule has 6 nitrogen and oxygen atoms in total. The second-order valence-corrected chi connectivity index (χ2v) is 8.02. The van der Waals surface area contributed by atoms with Crippen molar-refractivity contribution >= 4 is 10.0 Å². The first-order valence-corrected chi connectivity index (χ1v) is 9.47. The van der Waals surface area contributed by atoms with Crippen LogP contribution in [0.3, 0.4) is 0 Å². The summed E-state index contributed by atoms with van der Waals surface area (Å²) >= 11 is 0. The van der Waals surface area contributed by atoms with Crippen molar-refractivity contribution < 1.29 is 22.6 Å². The van der Waals surface area contributed by atoms with E-state index in [1.807, 2.05) is 0 Å². The van der Waals surface area contributed by atoms with Gasteiger partial charge in [-0.2, -0.15) is 0 Å². The minimum atomic E-state index is -3.58. The van der Waals surface area contributed by atoms with Gasteiger partial charge in [-0.1, -0.05) is 13.8 Å². The van der Waals surface area contributed by atoms with Crippen molar-refractivity contribution in [3.05, 3.63) is 18.2 Å². The molecule has 2 aliphatic heterocycles. The molecule has 1 fully saturated rings. The van der Waals surface area contributed by atoms with Crippen LogP contribution in [0.15, 0.2) is 23.1 Å². The third kappa shape index (κ3) is 3.79. The lowest BCUT2D eigenvalue weighted by atomic mass is 9.96. The summed E-state index contributed by atoms with van der Waals surface area (Å²) in [6.45, 7) is 5.66. The predicted octanol–water partition coefficient (Wildman–Crippen LogP) is 1.94. The van der Waals surface area contributed by atoms with Gasteiger partial charge in [0.2, 0.25) is 10.0 Å². The molecule has 7 heteroatoms. The number of rotatable bonds is 4. The van der Waals surface area contributed by atoms with E-state index in [1.54, 1.807) is 12.1 Å². The quantitative estimate of drug-likeness (QED) is 0.906. The Bertz CT molecular complexity index is 658. The van der Waals surface area contributed by atoms with Crippen molar-refractivity contribution in [2.24, 2.45) is 5.92 Å². The van der Waals surface area contributed by atoms with Crippen molar-refractivity contribution in [3.63, 3.8) is 0 Å². The number of ether oxygens (including phenoxy) is 3. The maximum Gasteiger partial charge on any atom is 0.240 e. The van der Waals surface area contributed by atoms with E-state index < -0.39 is 10.0 Å². The summed E-state index contributed by atoms with van der Waals surface area (Å²) in [5.74, 6) is 1.43. The van der Waals surface area contributed by atoms with Gasteiger partial charge in [0.1, 0.15) is 13.2 Å². The summed E-state index contributed by atoms with van der Waals surface area (Å²) in [5.41, 5.74) is 0. The van der Waals surface area contributed by atoms with Crippen molar-refractivity contribution in [2.75, 3.05) is 19.8 Å². The molecule has 0 amide bonds. The van der Waals surface area contributed by atoms with E-state index in [2.05, 4.69) is 18.6 Å². The highest BCUT2D eigenvalue weighted by Crippen LogP contribution is 2.32. The molecule has 2 aliphatic rings. The van der Waals surface area contributed by atoms with Gasteiger partial charge >= 0.3 is 0 Å². The molecule has 0 bridgehead atoms. The highest BCUT2D eigenvalue weighted by Gasteiger charge is 2.29. The third-order valence-corrected chi connectivity index (χ3v) is 5.72. The molecule has 1 N–H and O–H groups in total. The second-order valence-electron chi connectivity index (χ2n) is 6.30. The number of hydrogen-bond acceptors (Lipinski definition) is 5. The highest BCUT2D eigenvalue weighted by molar-refractivity contribution is 7.89. The van der Waals surface area contributed by atoms with Crippen LogP contribution in [0.25, 0.3) is 0 Å². The van der Waals surface area contributed by atoms with Crippen molar-refractivity contribution in [1.82, 2.24) is 4.72 Å². The highest BCUT2D eigenvalue weighted by atomic mass is 32.2. The van der Waals surface area contributed by atoms with Gasteiger partial charge in [-0.25, -0.2) is 13.1 Å². The maximum atomic E-state index is 12.6. The topological polar surface area (TPSA) is 73.9 Å². The first-order chi connectivity index (χ1) is 11.0. The summed E-state index contributed by atoms with van der Waals surface area (Å²) in [7, 11) is -3.58. The monoisotopic (exact) mass is 341 g/mol. The second kappa shape index (κ2) is 6.67. The van der Waals surface area contributed by atoms with Crippen LogP contribution in [-0.4, -0.2) is 40.4 Å². The number of fused-ring (bicyclic) bond motifs is 1. The molecule has 2 atom stereocenters. The third-order valence-electron chi connectivity index (χ3n) is 4.20. The molecule has 0 spiro atoms. The average Bonchev–Trinajstić information content (AvgIpc) is 2.54. The van der Waals surface area contributed by atoms with Gasteiger partial charge in [-0.15, -0.1) is 0 Å². The van der Waals surface area contributed by atoms with Gasteiger partial charge < -0.3 is 14.2 Å². The molecule has 0 aromatic heterocycles. The number of sulfonamides is 1. The van der Waals surface area contributed by atoms with Gasteiger partial charge in [0, 0.05) is 18.7 Å². The fraction of sp³-hybridized carbons (Fsp3) is 0.625. The predicted molar refractivity (Wildman–Crippen MR) is 85.4 cm³/mol. The summed E-state index contributed by atoms with van der Waals surface area (Å²) in [6, 6.07) is 4.61. The summed E-state index contributed by atoms with van der Waals surface area (Å²) in [5, 5.41) is 0. The van der Waals surface area contributed by atoms with Crippen LogP contribution in [0.5, 0.6) is 11.5 Å². The Labute approximate surface area is 137 Å². The van der Waals surface area contributed by atoms with Crippen LogP contribution in [0.1, 0.15) is 26.7 Å². The molecule has 0 radical (unpaired) electrons. The zero-order valence-corrected chi connectivity index (χ0v) is 14.3. The van der Waals surface area contributed by atoms with Crippen molar-refractivity contribution in [1.29, 1.82) is 0 Å². The SMILES string of the molecule is CC(C)C1CC(NS(=O)(=O)c2ccc3c(c2)OCCO3)CCO1. The van der Waals surface area contributed by atoms with E-state index >= 15 is 0 Å². The lowest BCUT2D eigenvalue weighted by Crippen LogP contribution is -2.43.